The van der Waals surface area contributed by atoms with Gasteiger partial charge in [-0.1, -0.05) is 36.0 Å². The molecule has 2 aliphatic rings. The normalized spacial score (nSPS) is 19.8. The van der Waals surface area contributed by atoms with Crippen LogP contribution in [-0.4, -0.2) is 60.5 Å². The molecule has 0 spiro atoms. The lowest BCUT2D eigenvalue weighted by Gasteiger charge is -2.48. The van der Waals surface area contributed by atoms with Crippen LogP contribution in [0.5, 0.6) is 0 Å². The van der Waals surface area contributed by atoms with Crippen LogP contribution in [0, 0.1) is 5.21 Å². The second kappa shape index (κ2) is 8.96. The third kappa shape index (κ3) is 4.99. The van der Waals surface area contributed by atoms with Crippen molar-refractivity contribution >= 4 is 17.3 Å². The van der Waals surface area contributed by atoms with Crippen molar-refractivity contribution in [3.63, 3.8) is 0 Å². The number of quaternary nitrogens is 1. The van der Waals surface area contributed by atoms with Crippen LogP contribution in [0.1, 0.15) is 23.1 Å². The van der Waals surface area contributed by atoms with E-state index in [4.69, 9.17) is 5.11 Å². The van der Waals surface area contributed by atoms with Crippen LogP contribution in [0.25, 0.3) is 5.57 Å². The smallest absolute Gasteiger partial charge is 0.416 e. The van der Waals surface area contributed by atoms with Crippen molar-refractivity contribution in [3.05, 3.63) is 70.4 Å². The summed E-state index contributed by atoms with van der Waals surface area (Å²) in [4.78, 5) is 4.07. The first-order valence-electron chi connectivity index (χ1n) is 10.4. The first-order chi connectivity index (χ1) is 14.8. The Morgan fingerprint density at radius 1 is 1.06 bits per heavy atom. The highest BCUT2D eigenvalue weighted by atomic mass is 32.2. The number of hydrogen-bond donors (Lipinski definition) is 1. The molecule has 8 heteroatoms. The fraction of sp³-hybridized carbons (Fsp3) is 0.391. The van der Waals surface area contributed by atoms with Crippen LogP contribution in [0.4, 0.5) is 13.2 Å². The van der Waals surface area contributed by atoms with Crippen molar-refractivity contribution in [2.24, 2.45) is 0 Å². The van der Waals surface area contributed by atoms with Gasteiger partial charge in [-0.15, -0.1) is 0 Å². The van der Waals surface area contributed by atoms with Crippen LogP contribution in [0.2, 0.25) is 0 Å². The molecule has 4 rings (SSSR count). The summed E-state index contributed by atoms with van der Waals surface area (Å²) < 4.78 is 39.6. The molecule has 2 aliphatic heterocycles. The molecule has 166 valence electrons. The molecule has 2 heterocycles. The Morgan fingerprint density at radius 3 is 2.48 bits per heavy atom. The molecule has 0 saturated carbocycles. The molecule has 0 aromatic heterocycles. The van der Waals surface area contributed by atoms with Crippen LogP contribution >= 0.6 is 11.8 Å². The first kappa shape index (κ1) is 22.4. The minimum atomic E-state index is -4.38. The summed E-state index contributed by atoms with van der Waals surface area (Å²) in [7, 11) is 0. The van der Waals surface area contributed by atoms with Crippen molar-refractivity contribution in [1.29, 1.82) is 0 Å². The van der Waals surface area contributed by atoms with Crippen LogP contribution in [0.15, 0.2) is 58.3 Å². The van der Waals surface area contributed by atoms with Gasteiger partial charge >= 0.3 is 6.18 Å². The summed E-state index contributed by atoms with van der Waals surface area (Å²) >= 11 is 1.50. The zero-order valence-electron chi connectivity index (χ0n) is 17.1. The van der Waals surface area contributed by atoms with E-state index in [1.165, 1.54) is 17.8 Å². The highest BCUT2D eigenvalue weighted by Gasteiger charge is 2.32. The predicted octanol–water partition coefficient (Wildman–Crippen LogP) is 4.61. The van der Waals surface area contributed by atoms with Gasteiger partial charge in [-0.05, 0) is 47.4 Å². The Kier molecular flexibility index (Phi) is 6.46. The average molecular weight is 451 g/mol. The van der Waals surface area contributed by atoms with Crippen LogP contribution in [0.3, 0.4) is 0 Å². The zero-order valence-corrected chi connectivity index (χ0v) is 17.9. The van der Waals surface area contributed by atoms with Gasteiger partial charge < -0.3 is 15.0 Å². The lowest BCUT2D eigenvalue weighted by molar-refractivity contribution is -0.885. The minimum absolute atomic E-state index is 0.105. The molecular formula is C23H25F3N2O2S. The SMILES string of the molecule is [O-][N+]1(CCO)CCN(CCC=C2c3ccccc3Sc3ccc(C(F)(F)F)cc32)CC1. The summed E-state index contributed by atoms with van der Waals surface area (Å²) in [6, 6.07) is 11.7. The van der Waals surface area contributed by atoms with Gasteiger partial charge in [0.15, 0.2) is 0 Å². The highest BCUT2D eigenvalue weighted by Crippen LogP contribution is 2.47. The topological polar surface area (TPSA) is 46.5 Å². The Bertz CT molecular complexity index is 970. The maximum Gasteiger partial charge on any atom is 0.416 e. The minimum Gasteiger partial charge on any atom is -0.633 e. The maximum absolute atomic E-state index is 13.3. The van der Waals surface area contributed by atoms with Crippen molar-refractivity contribution < 1.29 is 22.9 Å². The number of aliphatic hydroxyl groups excluding tert-OH is 1. The van der Waals surface area contributed by atoms with Gasteiger partial charge in [-0.2, -0.15) is 13.2 Å². The average Bonchev–Trinajstić information content (AvgIpc) is 2.74. The number of alkyl halides is 3. The third-order valence-electron chi connectivity index (χ3n) is 5.94. The number of rotatable bonds is 5. The molecule has 1 fully saturated rings. The van der Waals surface area contributed by atoms with Gasteiger partial charge in [0, 0.05) is 29.4 Å². The molecule has 4 nitrogen and oxygen atoms in total. The molecular weight excluding hydrogens is 425 g/mol. The van der Waals surface area contributed by atoms with E-state index in [2.05, 4.69) is 4.90 Å². The molecule has 0 aliphatic carbocycles. The van der Waals surface area contributed by atoms with E-state index in [9.17, 15) is 18.4 Å². The molecule has 0 amide bonds. The van der Waals surface area contributed by atoms with Gasteiger partial charge in [0.2, 0.25) is 0 Å². The molecule has 2 aromatic rings. The van der Waals surface area contributed by atoms with Gasteiger partial charge in [0.05, 0.1) is 25.3 Å². The van der Waals surface area contributed by atoms with Crippen LogP contribution < -0.4 is 0 Å². The van der Waals surface area contributed by atoms with E-state index < -0.39 is 11.7 Å². The summed E-state index contributed by atoms with van der Waals surface area (Å²) in [6.45, 7) is 3.09. The number of halogens is 3. The predicted molar refractivity (Wildman–Crippen MR) is 115 cm³/mol. The highest BCUT2D eigenvalue weighted by molar-refractivity contribution is 7.99. The lowest BCUT2D eigenvalue weighted by atomic mass is 9.94. The second-order valence-corrected chi connectivity index (χ2v) is 9.09. The molecule has 31 heavy (non-hydrogen) atoms. The Morgan fingerprint density at radius 2 is 1.77 bits per heavy atom. The number of aliphatic hydroxyl groups is 1. The first-order valence-corrected chi connectivity index (χ1v) is 11.2. The number of fused-ring (bicyclic) bond motifs is 2. The van der Waals surface area contributed by atoms with E-state index >= 15 is 0 Å². The molecule has 0 unspecified atom stereocenters. The van der Waals surface area contributed by atoms with Crippen molar-refractivity contribution in [1.82, 2.24) is 4.90 Å². The Labute approximate surface area is 184 Å². The largest absolute Gasteiger partial charge is 0.633 e. The number of nitrogens with zero attached hydrogens (tertiary/aromatic N) is 2. The third-order valence-corrected chi connectivity index (χ3v) is 7.09. The lowest BCUT2D eigenvalue weighted by Crippen LogP contribution is -2.57. The molecule has 0 atom stereocenters. The zero-order chi connectivity index (χ0) is 22.1. The van der Waals surface area contributed by atoms with E-state index in [1.807, 2.05) is 30.3 Å². The second-order valence-electron chi connectivity index (χ2n) is 8.01. The van der Waals surface area contributed by atoms with Crippen molar-refractivity contribution in [3.8, 4) is 0 Å². The summed E-state index contributed by atoms with van der Waals surface area (Å²) in [6.07, 6.45) is -1.67. The van der Waals surface area contributed by atoms with E-state index in [-0.39, 0.29) is 17.8 Å². The van der Waals surface area contributed by atoms with Crippen molar-refractivity contribution in [2.75, 3.05) is 45.9 Å². The summed E-state index contributed by atoms with van der Waals surface area (Å²) in [5.41, 5.74) is 1.77. The van der Waals surface area contributed by atoms with Gasteiger partial charge in [-0.3, -0.25) is 4.90 Å². The number of benzene rings is 2. The molecule has 0 bridgehead atoms. The van der Waals surface area contributed by atoms with Crippen molar-refractivity contribution in [2.45, 2.75) is 22.4 Å². The van der Waals surface area contributed by atoms with Gasteiger partial charge in [-0.25, -0.2) is 0 Å². The quantitative estimate of drug-likeness (QED) is 0.455. The molecule has 1 saturated heterocycles. The summed E-state index contributed by atoms with van der Waals surface area (Å²) in [5.74, 6) is 0. The molecule has 1 N–H and O–H groups in total. The monoisotopic (exact) mass is 450 g/mol. The number of piperazine rings is 1. The maximum atomic E-state index is 13.3. The molecule has 2 aromatic carbocycles. The fourth-order valence-electron chi connectivity index (χ4n) is 4.16. The van der Waals surface area contributed by atoms with E-state index in [0.717, 1.165) is 33.5 Å². The Balaban J connectivity index is 1.54. The Hall–Kier alpha value is -1.84. The van der Waals surface area contributed by atoms with Gasteiger partial charge in [0.25, 0.3) is 0 Å². The van der Waals surface area contributed by atoms with E-state index in [1.54, 1.807) is 6.07 Å². The van der Waals surface area contributed by atoms with Gasteiger partial charge in [0.1, 0.15) is 6.54 Å². The number of hydrogen-bond acceptors (Lipinski definition) is 4. The standard InChI is InChI=1S/C23H25F3N2O2S/c24-23(25,26)17-7-8-22-20(16-17)18(19-4-1-2-6-21(19)31-22)5-3-9-27-10-12-28(30,13-11-27)14-15-29/h1-2,4-8,16,29H,3,9-15H2. The molecule has 0 radical (unpaired) electrons. The van der Waals surface area contributed by atoms with E-state index in [0.29, 0.717) is 38.2 Å². The summed E-state index contributed by atoms with van der Waals surface area (Å²) in [5, 5.41) is 21.5. The van der Waals surface area contributed by atoms with Crippen LogP contribution in [-0.2, 0) is 6.18 Å². The fourth-order valence-corrected chi connectivity index (χ4v) is 5.25. The number of hydroxylamine groups is 3.